The zero-order valence-corrected chi connectivity index (χ0v) is 24.1. The van der Waals surface area contributed by atoms with Crippen molar-refractivity contribution < 1.29 is 0 Å². The van der Waals surface area contributed by atoms with Crippen molar-refractivity contribution in [3.63, 3.8) is 0 Å². The molecule has 3 N–H and O–H groups in total. The molecule has 4 aromatic heterocycles. The number of nitrogens with two attached hydrogens (primary N) is 1. The molecule has 5 heterocycles. The lowest BCUT2D eigenvalue weighted by Crippen LogP contribution is -2.41. The Hall–Kier alpha value is -4.93. The van der Waals surface area contributed by atoms with Crippen LogP contribution in [0.3, 0.4) is 0 Å². The number of nitrogen functional groups attached to an aromatic ring is 1. The molecule has 1 saturated heterocycles. The van der Waals surface area contributed by atoms with Gasteiger partial charge in [-0.05, 0) is 72.9 Å². The number of hydrogen-bond donors (Lipinski definition) is 2. The predicted molar refractivity (Wildman–Crippen MR) is 169 cm³/mol. The molecule has 1 aliphatic rings. The number of fused-ring (bicyclic) bond motifs is 1. The number of pyridine rings is 2. The molecule has 214 valence electrons. The van der Waals surface area contributed by atoms with E-state index in [0.29, 0.717) is 17.6 Å². The summed E-state index contributed by atoms with van der Waals surface area (Å²) in [6.07, 6.45) is 5.24. The molecular weight excluding hydrogens is 560 g/mol. The Morgan fingerprint density at radius 2 is 1.74 bits per heavy atom. The van der Waals surface area contributed by atoms with Gasteiger partial charge in [-0.15, -0.1) is 0 Å². The van der Waals surface area contributed by atoms with Gasteiger partial charge in [0, 0.05) is 36.6 Å². The molecule has 0 spiro atoms. The summed E-state index contributed by atoms with van der Waals surface area (Å²) in [5.74, 6) is 1.64. The fourth-order valence-corrected chi connectivity index (χ4v) is 5.74. The number of benzene rings is 2. The molecule has 7 rings (SSSR count). The first-order chi connectivity index (χ1) is 21.1. The fourth-order valence-electron chi connectivity index (χ4n) is 5.61. The quantitative estimate of drug-likeness (QED) is 0.243. The smallest absolute Gasteiger partial charge is 0.227 e. The van der Waals surface area contributed by atoms with Gasteiger partial charge in [0.05, 0.1) is 11.3 Å². The van der Waals surface area contributed by atoms with E-state index in [9.17, 15) is 0 Å². The minimum absolute atomic E-state index is 0.191. The second-order valence-corrected chi connectivity index (χ2v) is 10.9. The molecule has 1 fully saturated rings. The monoisotopic (exact) mass is 588 g/mol. The van der Waals surface area contributed by atoms with E-state index in [4.69, 9.17) is 27.3 Å². The van der Waals surface area contributed by atoms with Crippen molar-refractivity contribution in [2.24, 2.45) is 0 Å². The molecule has 6 aromatic rings. The van der Waals surface area contributed by atoms with Crippen LogP contribution in [0.4, 0.5) is 11.8 Å². The maximum absolute atomic E-state index is 6.32. The molecule has 0 radical (unpaired) electrons. The highest BCUT2D eigenvalue weighted by Crippen LogP contribution is 2.32. The van der Waals surface area contributed by atoms with Gasteiger partial charge in [0.15, 0.2) is 11.5 Å². The van der Waals surface area contributed by atoms with Gasteiger partial charge in [-0.25, -0.2) is 24.9 Å². The van der Waals surface area contributed by atoms with E-state index in [2.05, 4.69) is 71.1 Å². The van der Waals surface area contributed by atoms with Crippen molar-refractivity contribution >= 4 is 34.5 Å². The minimum Gasteiger partial charge on any atom is -0.383 e. The summed E-state index contributed by atoms with van der Waals surface area (Å²) in [6, 6.07) is 26.8. The van der Waals surface area contributed by atoms with Gasteiger partial charge in [-0.1, -0.05) is 42.5 Å². The molecule has 43 heavy (non-hydrogen) atoms. The van der Waals surface area contributed by atoms with Crippen LogP contribution in [0, 0.1) is 0 Å². The lowest BCUT2D eigenvalue weighted by atomic mass is 10.0. The third-order valence-electron chi connectivity index (χ3n) is 7.64. The van der Waals surface area contributed by atoms with Gasteiger partial charge >= 0.3 is 0 Å². The molecule has 1 aliphatic heterocycles. The number of likely N-dealkylation sites (tertiary alicyclic amines) is 1. The molecule has 0 aliphatic carbocycles. The van der Waals surface area contributed by atoms with Crippen LogP contribution in [0.5, 0.6) is 0 Å². The average molecular weight is 589 g/mol. The number of aromatic nitrogens is 7. The largest absolute Gasteiger partial charge is 0.383 e. The summed E-state index contributed by atoms with van der Waals surface area (Å²) in [4.78, 5) is 29.0. The third kappa shape index (κ3) is 5.75. The number of halogens is 1. The maximum Gasteiger partial charge on any atom is 0.227 e. The molecule has 0 saturated carbocycles. The summed E-state index contributed by atoms with van der Waals surface area (Å²) in [5, 5.41) is 3.60. The van der Waals surface area contributed by atoms with Crippen LogP contribution in [0.2, 0.25) is 5.28 Å². The van der Waals surface area contributed by atoms with E-state index in [1.807, 2.05) is 42.5 Å². The van der Waals surface area contributed by atoms with Crippen molar-refractivity contribution in [1.82, 2.24) is 39.4 Å². The molecule has 11 heteroatoms. The Bertz CT molecular complexity index is 1870. The Morgan fingerprint density at radius 3 is 2.56 bits per heavy atom. The summed E-state index contributed by atoms with van der Waals surface area (Å²) in [7, 11) is 0. The second-order valence-electron chi connectivity index (χ2n) is 10.6. The predicted octanol–water partition coefficient (Wildman–Crippen LogP) is 5.65. The van der Waals surface area contributed by atoms with Crippen LogP contribution in [0.1, 0.15) is 18.4 Å². The highest BCUT2D eigenvalue weighted by molar-refractivity contribution is 6.28. The van der Waals surface area contributed by atoms with E-state index in [0.717, 1.165) is 66.1 Å². The first kappa shape index (κ1) is 26.9. The summed E-state index contributed by atoms with van der Waals surface area (Å²) < 4.78 is 2.07. The molecular formula is C32H29ClN10. The standard InChI is InChI=1S/C32H29ClN10/c33-31-36-20-37-32(41-31)38-23-8-5-17-42(19-23)18-21-10-12-24(13-11-21)43-29(25-9-4-16-35-28(25)34)40-27-15-14-26(39-30(27)43)22-6-2-1-3-7-22/h1-4,6-7,9-16,20,23H,5,8,17-19H2,(H2,34,35)(H,36,37,38,41)/t23-/m0/s1. The maximum atomic E-state index is 6.32. The van der Waals surface area contributed by atoms with E-state index in [1.165, 1.54) is 11.9 Å². The van der Waals surface area contributed by atoms with Gasteiger partial charge in [-0.3, -0.25) is 9.47 Å². The molecule has 1 atom stereocenters. The van der Waals surface area contributed by atoms with Crippen LogP contribution in [-0.2, 0) is 6.54 Å². The topological polar surface area (TPSA) is 124 Å². The van der Waals surface area contributed by atoms with Crippen molar-refractivity contribution in [2.45, 2.75) is 25.4 Å². The van der Waals surface area contributed by atoms with Gasteiger partial charge in [0.25, 0.3) is 0 Å². The second kappa shape index (κ2) is 11.7. The number of anilines is 2. The van der Waals surface area contributed by atoms with Crippen LogP contribution < -0.4 is 11.1 Å². The van der Waals surface area contributed by atoms with E-state index >= 15 is 0 Å². The SMILES string of the molecule is Nc1ncccc1-c1nc2ccc(-c3ccccc3)nc2n1-c1ccc(CN2CCC[C@H](Nc3ncnc(Cl)n3)C2)cc1. The van der Waals surface area contributed by atoms with Crippen molar-refractivity contribution in [3.05, 3.63) is 102 Å². The van der Waals surface area contributed by atoms with Crippen molar-refractivity contribution in [1.29, 1.82) is 0 Å². The zero-order chi connectivity index (χ0) is 29.2. The van der Waals surface area contributed by atoms with Crippen LogP contribution in [-0.4, -0.2) is 58.5 Å². The fraction of sp³-hybridized carbons (Fsp3) is 0.188. The Kier molecular flexibility index (Phi) is 7.36. The number of nitrogens with zero attached hydrogens (tertiary/aromatic N) is 8. The molecule has 10 nitrogen and oxygen atoms in total. The molecule has 2 aromatic carbocycles. The van der Waals surface area contributed by atoms with Crippen LogP contribution in [0.15, 0.2) is 91.4 Å². The first-order valence-corrected chi connectivity index (χ1v) is 14.6. The van der Waals surface area contributed by atoms with Gasteiger partial charge in [0.1, 0.15) is 17.7 Å². The lowest BCUT2D eigenvalue weighted by Gasteiger charge is -2.33. The normalized spacial score (nSPS) is 15.5. The number of piperidine rings is 1. The zero-order valence-electron chi connectivity index (χ0n) is 23.3. The lowest BCUT2D eigenvalue weighted by molar-refractivity contribution is 0.208. The number of rotatable bonds is 7. The average Bonchev–Trinajstić information content (AvgIpc) is 3.41. The van der Waals surface area contributed by atoms with E-state index < -0.39 is 0 Å². The molecule has 0 amide bonds. The highest BCUT2D eigenvalue weighted by Gasteiger charge is 2.22. The highest BCUT2D eigenvalue weighted by atomic mass is 35.5. The third-order valence-corrected chi connectivity index (χ3v) is 7.82. The Morgan fingerprint density at radius 1 is 0.884 bits per heavy atom. The van der Waals surface area contributed by atoms with Crippen molar-refractivity contribution in [2.75, 3.05) is 24.1 Å². The van der Waals surface area contributed by atoms with Crippen LogP contribution >= 0.6 is 11.6 Å². The van der Waals surface area contributed by atoms with Gasteiger partial charge in [0.2, 0.25) is 11.2 Å². The number of hydrogen-bond acceptors (Lipinski definition) is 9. The number of imidazole rings is 1. The molecule has 0 bridgehead atoms. The van der Waals surface area contributed by atoms with Gasteiger partial charge < -0.3 is 11.1 Å². The Balaban J connectivity index is 1.18. The van der Waals surface area contributed by atoms with E-state index in [1.54, 1.807) is 6.20 Å². The van der Waals surface area contributed by atoms with Gasteiger partial charge in [-0.2, -0.15) is 4.98 Å². The molecule has 0 unspecified atom stereocenters. The Labute approximate surface area is 253 Å². The van der Waals surface area contributed by atoms with Crippen molar-refractivity contribution in [3.8, 4) is 28.3 Å². The van der Waals surface area contributed by atoms with Crippen LogP contribution in [0.25, 0.3) is 39.5 Å². The minimum atomic E-state index is 0.191. The first-order valence-electron chi connectivity index (χ1n) is 14.2. The number of nitrogens with one attached hydrogen (secondary N) is 1. The summed E-state index contributed by atoms with van der Waals surface area (Å²) in [6.45, 7) is 2.74. The summed E-state index contributed by atoms with van der Waals surface area (Å²) in [5.41, 5.74) is 12.7. The van der Waals surface area contributed by atoms with E-state index in [-0.39, 0.29) is 11.3 Å². The summed E-state index contributed by atoms with van der Waals surface area (Å²) >= 11 is 5.94.